The lowest BCUT2D eigenvalue weighted by Crippen LogP contribution is -2.44. The van der Waals surface area contributed by atoms with Gasteiger partial charge in [-0.05, 0) is 55.9 Å². The van der Waals surface area contributed by atoms with E-state index >= 15 is 0 Å². The maximum absolute atomic E-state index is 12.4. The molecule has 0 bridgehead atoms. The molecule has 2 atom stereocenters. The van der Waals surface area contributed by atoms with Gasteiger partial charge in [0.25, 0.3) is 0 Å². The molecule has 0 spiro atoms. The first-order chi connectivity index (χ1) is 17.2. The summed E-state index contributed by atoms with van der Waals surface area (Å²) in [7, 11) is 0. The summed E-state index contributed by atoms with van der Waals surface area (Å²) < 4.78 is 48.1. The zero-order valence-electron chi connectivity index (χ0n) is 20.5. The smallest absolute Gasteiger partial charge is 0.422 e. The van der Waals surface area contributed by atoms with Crippen LogP contribution in [0.15, 0.2) is 30.5 Å². The van der Waals surface area contributed by atoms with Gasteiger partial charge >= 0.3 is 6.18 Å². The number of alkyl halides is 3. The van der Waals surface area contributed by atoms with Crippen LogP contribution in [0.25, 0.3) is 0 Å². The first kappa shape index (κ1) is 26.3. The van der Waals surface area contributed by atoms with Crippen molar-refractivity contribution in [3.05, 3.63) is 53.0 Å². The number of fused-ring (bicyclic) bond motifs is 1. The first-order valence-electron chi connectivity index (χ1n) is 12.5. The normalized spacial score (nSPS) is 20.9. The standard InChI is InChI=1S/C26H33F3N4O3/c1-18-14-19(6-10-30-18)15-24(34)31-21-3-4-22(35-16-21)8-12-33-11-7-20-2-5-25(32-23(20)9-13-33)36-17-26(27,28)29/h2,5-6,10,14,21-22H,3-4,7-9,11-13,15-17H2,1H3,(H,31,34)/t21-,22+/m0/s1. The topological polar surface area (TPSA) is 76.6 Å². The molecule has 4 heterocycles. The molecular formula is C26H33F3N4O3. The Morgan fingerprint density at radius 3 is 2.81 bits per heavy atom. The van der Waals surface area contributed by atoms with Gasteiger partial charge in [0, 0.05) is 49.7 Å². The van der Waals surface area contributed by atoms with Gasteiger partial charge in [0.1, 0.15) is 0 Å². The van der Waals surface area contributed by atoms with E-state index in [0.717, 1.165) is 67.8 Å². The number of hydrogen-bond acceptors (Lipinski definition) is 6. The molecule has 10 heteroatoms. The Labute approximate surface area is 209 Å². The number of pyridine rings is 2. The molecule has 1 amide bonds. The zero-order valence-corrected chi connectivity index (χ0v) is 20.5. The van der Waals surface area contributed by atoms with Crippen LogP contribution in [0.5, 0.6) is 5.88 Å². The summed E-state index contributed by atoms with van der Waals surface area (Å²) in [5, 5.41) is 3.08. The van der Waals surface area contributed by atoms with Crippen molar-refractivity contribution in [3.8, 4) is 5.88 Å². The van der Waals surface area contributed by atoms with E-state index in [1.54, 1.807) is 6.20 Å². The summed E-state index contributed by atoms with van der Waals surface area (Å²) in [6.07, 6.45) is 2.01. The molecule has 0 aromatic carbocycles. The number of hydrogen-bond donors (Lipinski definition) is 1. The first-order valence-corrected chi connectivity index (χ1v) is 12.5. The van der Waals surface area contributed by atoms with E-state index in [2.05, 4.69) is 20.2 Å². The summed E-state index contributed by atoms with van der Waals surface area (Å²) in [6, 6.07) is 7.16. The lowest BCUT2D eigenvalue weighted by Gasteiger charge is -2.31. The van der Waals surface area contributed by atoms with Gasteiger partial charge in [0.2, 0.25) is 11.8 Å². The predicted octanol–water partition coefficient (Wildman–Crippen LogP) is 3.42. The van der Waals surface area contributed by atoms with Crippen LogP contribution in [0.3, 0.4) is 0 Å². The number of aryl methyl sites for hydroxylation is 1. The molecule has 4 rings (SSSR count). The Hall–Kier alpha value is -2.72. The minimum atomic E-state index is -4.38. The Morgan fingerprint density at radius 1 is 1.22 bits per heavy atom. The maximum Gasteiger partial charge on any atom is 0.422 e. The number of rotatable bonds is 8. The molecule has 2 aromatic rings. The summed E-state index contributed by atoms with van der Waals surface area (Å²) in [6.45, 7) is 3.64. The number of nitrogens with one attached hydrogen (secondary N) is 1. The molecule has 196 valence electrons. The van der Waals surface area contributed by atoms with Gasteiger partial charge in [-0.15, -0.1) is 0 Å². The lowest BCUT2D eigenvalue weighted by atomic mass is 10.0. The number of halogens is 3. The van der Waals surface area contributed by atoms with Crippen LogP contribution >= 0.6 is 0 Å². The van der Waals surface area contributed by atoms with Crippen molar-refractivity contribution in [2.45, 2.75) is 63.8 Å². The van der Waals surface area contributed by atoms with Gasteiger partial charge in [-0.1, -0.05) is 6.07 Å². The molecule has 7 nitrogen and oxygen atoms in total. The van der Waals surface area contributed by atoms with E-state index in [0.29, 0.717) is 19.4 Å². The largest absolute Gasteiger partial charge is 0.468 e. The third-order valence-corrected chi connectivity index (χ3v) is 6.62. The average molecular weight is 507 g/mol. The minimum absolute atomic E-state index is 0.00245. The Balaban J connectivity index is 1.16. The summed E-state index contributed by atoms with van der Waals surface area (Å²) in [5.74, 6) is 0.0185. The number of carbonyl (C=O) groups excluding carboxylic acids is 1. The Bertz CT molecular complexity index is 1030. The molecule has 2 aliphatic heterocycles. The maximum atomic E-state index is 12.4. The molecule has 1 N–H and O–H groups in total. The van der Waals surface area contributed by atoms with Gasteiger partial charge in [-0.25, -0.2) is 4.98 Å². The molecule has 0 unspecified atom stereocenters. The van der Waals surface area contributed by atoms with Gasteiger partial charge in [-0.3, -0.25) is 9.78 Å². The second-order valence-corrected chi connectivity index (χ2v) is 9.57. The van der Waals surface area contributed by atoms with Crippen molar-refractivity contribution < 1.29 is 27.4 Å². The van der Waals surface area contributed by atoms with E-state index in [9.17, 15) is 18.0 Å². The monoisotopic (exact) mass is 506 g/mol. The van der Waals surface area contributed by atoms with Crippen LogP contribution in [0.2, 0.25) is 0 Å². The third-order valence-electron chi connectivity index (χ3n) is 6.62. The highest BCUT2D eigenvalue weighted by molar-refractivity contribution is 5.78. The van der Waals surface area contributed by atoms with Crippen molar-refractivity contribution in [3.63, 3.8) is 0 Å². The zero-order chi connectivity index (χ0) is 25.5. The highest BCUT2D eigenvalue weighted by Gasteiger charge is 2.29. The van der Waals surface area contributed by atoms with E-state index < -0.39 is 12.8 Å². The van der Waals surface area contributed by atoms with Crippen molar-refractivity contribution in [2.24, 2.45) is 0 Å². The van der Waals surface area contributed by atoms with Gasteiger partial charge in [0.05, 0.1) is 25.2 Å². The van der Waals surface area contributed by atoms with Crippen molar-refractivity contribution >= 4 is 5.91 Å². The third kappa shape index (κ3) is 8.16. The molecule has 0 saturated carbocycles. The summed E-state index contributed by atoms with van der Waals surface area (Å²) >= 11 is 0. The van der Waals surface area contributed by atoms with Crippen LogP contribution < -0.4 is 10.1 Å². The van der Waals surface area contributed by atoms with Crippen LogP contribution in [0.1, 0.15) is 41.8 Å². The predicted molar refractivity (Wildman–Crippen MR) is 128 cm³/mol. The summed E-state index contributed by atoms with van der Waals surface area (Å²) in [4.78, 5) is 23.2. The molecule has 1 saturated heterocycles. The van der Waals surface area contributed by atoms with Crippen LogP contribution in [0.4, 0.5) is 13.2 Å². The average Bonchev–Trinajstić information content (AvgIpc) is 3.04. The van der Waals surface area contributed by atoms with Crippen molar-refractivity contribution in [1.29, 1.82) is 0 Å². The van der Waals surface area contributed by atoms with Crippen molar-refractivity contribution in [2.75, 3.05) is 32.8 Å². The van der Waals surface area contributed by atoms with Crippen molar-refractivity contribution in [1.82, 2.24) is 20.2 Å². The summed E-state index contributed by atoms with van der Waals surface area (Å²) in [5.41, 5.74) is 3.72. The highest BCUT2D eigenvalue weighted by Crippen LogP contribution is 2.22. The minimum Gasteiger partial charge on any atom is -0.468 e. The fourth-order valence-corrected chi connectivity index (χ4v) is 4.72. The Morgan fingerprint density at radius 2 is 2.06 bits per heavy atom. The van der Waals surface area contributed by atoms with Gasteiger partial charge < -0.3 is 19.7 Å². The lowest BCUT2D eigenvalue weighted by molar-refractivity contribution is -0.154. The van der Waals surface area contributed by atoms with E-state index in [1.807, 2.05) is 25.1 Å². The molecule has 0 radical (unpaired) electrons. The molecule has 36 heavy (non-hydrogen) atoms. The number of aromatic nitrogens is 2. The van der Waals surface area contributed by atoms with E-state index in [4.69, 9.17) is 9.47 Å². The number of carbonyl (C=O) groups is 1. The van der Waals surface area contributed by atoms with Crippen LogP contribution in [0, 0.1) is 6.92 Å². The fourth-order valence-electron chi connectivity index (χ4n) is 4.72. The quantitative estimate of drug-likeness (QED) is 0.592. The molecular weight excluding hydrogens is 473 g/mol. The molecule has 0 aliphatic carbocycles. The van der Waals surface area contributed by atoms with E-state index in [1.165, 1.54) is 6.07 Å². The van der Waals surface area contributed by atoms with Gasteiger partial charge in [0.15, 0.2) is 6.61 Å². The number of nitrogens with zero attached hydrogens (tertiary/aromatic N) is 3. The SMILES string of the molecule is Cc1cc(CC(=O)N[C@H]2CC[C@H](CCN3CCc4ccc(OCC(F)(F)F)nc4CC3)OC2)ccn1. The number of ether oxygens (including phenoxy) is 2. The number of amides is 1. The fraction of sp³-hybridized carbons (Fsp3) is 0.577. The Kier molecular flexibility index (Phi) is 8.79. The van der Waals surface area contributed by atoms with Crippen LogP contribution in [-0.2, 0) is 28.8 Å². The second kappa shape index (κ2) is 12.0. The molecule has 1 fully saturated rings. The second-order valence-electron chi connectivity index (χ2n) is 9.57. The van der Waals surface area contributed by atoms with Gasteiger partial charge in [-0.2, -0.15) is 13.2 Å². The molecule has 2 aliphatic rings. The van der Waals surface area contributed by atoms with E-state index in [-0.39, 0.29) is 23.9 Å². The molecule has 2 aromatic heterocycles. The van der Waals surface area contributed by atoms with Crippen LogP contribution in [-0.4, -0.2) is 71.9 Å². The highest BCUT2D eigenvalue weighted by atomic mass is 19.4.